The summed E-state index contributed by atoms with van der Waals surface area (Å²) in [6, 6.07) is 4.02. The number of unbranched alkanes of at least 4 members (excludes halogenated alkanes) is 1. The summed E-state index contributed by atoms with van der Waals surface area (Å²) < 4.78 is 39.6. The lowest BCUT2D eigenvalue weighted by molar-refractivity contribution is -0.137. The van der Waals surface area contributed by atoms with Crippen molar-refractivity contribution in [2.75, 3.05) is 51.7 Å². The van der Waals surface area contributed by atoms with Crippen LogP contribution in [0.25, 0.3) is 0 Å². The van der Waals surface area contributed by atoms with Crippen molar-refractivity contribution in [1.29, 1.82) is 0 Å². The lowest BCUT2D eigenvalue weighted by atomic mass is 10.1. The van der Waals surface area contributed by atoms with Crippen molar-refractivity contribution in [3.63, 3.8) is 0 Å². The van der Waals surface area contributed by atoms with Gasteiger partial charge in [-0.25, -0.2) is 0 Å². The molecule has 2 rings (SSSR count). The molecule has 28 heavy (non-hydrogen) atoms. The molecule has 0 atom stereocenters. The zero-order valence-electron chi connectivity index (χ0n) is 16.8. The summed E-state index contributed by atoms with van der Waals surface area (Å²) in [5.41, 5.74) is 0.867. The molecule has 1 aromatic rings. The Labute approximate surface area is 182 Å². The number of anilines is 1. The number of halogens is 4. The van der Waals surface area contributed by atoms with Crippen molar-refractivity contribution in [3.8, 4) is 0 Å². The quantitative estimate of drug-likeness (QED) is 0.265. The molecule has 0 aliphatic carbocycles. The molecule has 1 saturated heterocycles. The predicted molar refractivity (Wildman–Crippen MR) is 120 cm³/mol. The first-order chi connectivity index (χ1) is 12.8. The summed E-state index contributed by atoms with van der Waals surface area (Å²) in [5, 5.41) is 6.33. The minimum Gasteiger partial charge on any atom is -0.369 e. The molecule has 0 aromatic heterocycles. The number of piperazine rings is 1. The molecule has 0 amide bonds. The van der Waals surface area contributed by atoms with E-state index >= 15 is 0 Å². The summed E-state index contributed by atoms with van der Waals surface area (Å²) >= 11 is 0. The van der Waals surface area contributed by atoms with E-state index in [9.17, 15) is 13.2 Å². The first kappa shape index (κ1) is 24.8. The largest absolute Gasteiger partial charge is 0.416 e. The second kappa shape index (κ2) is 11.7. The number of guanidine groups is 1. The average Bonchev–Trinajstić information content (AvgIpc) is 2.64. The standard InChI is InChI=1S/C19H30F3N5.HI/c1-4-5-8-24-18(23-2)25-14-15-13-16(19(20,21)22)6-7-17(15)27-11-9-26(3)10-12-27;/h6-7,13H,4-5,8-12,14H2,1-3H3,(H2,23,24,25);1H. The Morgan fingerprint density at radius 3 is 2.39 bits per heavy atom. The number of nitrogens with zero attached hydrogens (tertiary/aromatic N) is 3. The molecular weight excluding hydrogens is 482 g/mol. The van der Waals surface area contributed by atoms with Gasteiger partial charge in [-0.05, 0) is 37.2 Å². The Morgan fingerprint density at radius 2 is 1.82 bits per heavy atom. The van der Waals surface area contributed by atoms with Gasteiger partial charge in [-0.3, -0.25) is 4.99 Å². The number of benzene rings is 1. The van der Waals surface area contributed by atoms with Crippen LogP contribution in [0.2, 0.25) is 0 Å². The van der Waals surface area contributed by atoms with Crippen LogP contribution in [0.15, 0.2) is 23.2 Å². The lowest BCUT2D eigenvalue weighted by Crippen LogP contribution is -2.45. The number of alkyl halides is 3. The predicted octanol–water partition coefficient (Wildman–Crippen LogP) is 3.54. The molecule has 9 heteroatoms. The SMILES string of the molecule is CCCCNC(=NC)NCc1cc(C(F)(F)F)ccc1N1CCN(C)CC1.I. The van der Waals surface area contributed by atoms with Gasteiger partial charge in [0.1, 0.15) is 0 Å². The van der Waals surface area contributed by atoms with Crippen molar-refractivity contribution in [3.05, 3.63) is 29.3 Å². The van der Waals surface area contributed by atoms with Crippen molar-refractivity contribution in [2.45, 2.75) is 32.5 Å². The minimum atomic E-state index is -4.35. The Balaban J connectivity index is 0.00000392. The highest BCUT2D eigenvalue weighted by Crippen LogP contribution is 2.33. The highest BCUT2D eigenvalue weighted by molar-refractivity contribution is 14.0. The maximum Gasteiger partial charge on any atom is 0.416 e. The summed E-state index contributed by atoms with van der Waals surface area (Å²) in [6.45, 7) is 6.57. The molecule has 0 radical (unpaired) electrons. The number of hydrogen-bond acceptors (Lipinski definition) is 3. The third-order valence-corrected chi connectivity index (χ3v) is 4.74. The maximum absolute atomic E-state index is 13.2. The van der Waals surface area contributed by atoms with Crippen molar-refractivity contribution in [1.82, 2.24) is 15.5 Å². The van der Waals surface area contributed by atoms with Gasteiger partial charge in [-0.1, -0.05) is 13.3 Å². The van der Waals surface area contributed by atoms with E-state index in [2.05, 4.69) is 39.4 Å². The van der Waals surface area contributed by atoms with Crippen LogP contribution in [0.3, 0.4) is 0 Å². The maximum atomic E-state index is 13.2. The Hall–Kier alpha value is -1.23. The summed E-state index contributed by atoms with van der Waals surface area (Å²) in [6.07, 6.45) is -2.28. The fourth-order valence-corrected chi connectivity index (χ4v) is 3.04. The highest BCUT2D eigenvalue weighted by atomic mass is 127. The number of nitrogens with one attached hydrogen (secondary N) is 2. The molecule has 0 saturated carbocycles. The fourth-order valence-electron chi connectivity index (χ4n) is 3.04. The third-order valence-electron chi connectivity index (χ3n) is 4.74. The number of aliphatic imine (C=N–C) groups is 1. The van der Waals surface area contributed by atoms with Crippen molar-refractivity contribution < 1.29 is 13.2 Å². The molecule has 2 N–H and O–H groups in total. The van der Waals surface area contributed by atoms with Crippen LogP contribution in [0.1, 0.15) is 30.9 Å². The van der Waals surface area contributed by atoms with Crippen LogP contribution in [0.5, 0.6) is 0 Å². The van der Waals surface area contributed by atoms with E-state index in [1.807, 2.05) is 0 Å². The van der Waals surface area contributed by atoms with Crippen LogP contribution >= 0.6 is 24.0 Å². The van der Waals surface area contributed by atoms with Gasteiger partial charge < -0.3 is 20.4 Å². The van der Waals surface area contributed by atoms with E-state index in [1.165, 1.54) is 12.1 Å². The van der Waals surface area contributed by atoms with Crippen LogP contribution < -0.4 is 15.5 Å². The highest BCUT2D eigenvalue weighted by Gasteiger charge is 2.31. The monoisotopic (exact) mass is 513 g/mol. The van der Waals surface area contributed by atoms with E-state index in [4.69, 9.17) is 0 Å². The molecule has 0 spiro atoms. The Kier molecular flexibility index (Phi) is 10.4. The summed E-state index contributed by atoms with van der Waals surface area (Å²) in [5.74, 6) is 0.602. The van der Waals surface area contributed by atoms with E-state index in [-0.39, 0.29) is 30.5 Å². The smallest absolute Gasteiger partial charge is 0.369 e. The number of likely N-dealkylation sites (N-methyl/N-ethyl adjacent to an activating group) is 1. The van der Waals surface area contributed by atoms with E-state index in [0.29, 0.717) is 11.5 Å². The molecule has 1 fully saturated rings. The molecule has 1 aliphatic heterocycles. The Morgan fingerprint density at radius 1 is 1.14 bits per heavy atom. The van der Waals surface area contributed by atoms with Crippen molar-refractivity contribution >= 4 is 35.6 Å². The topological polar surface area (TPSA) is 42.9 Å². The number of rotatable bonds is 6. The first-order valence-electron chi connectivity index (χ1n) is 9.43. The normalized spacial score (nSPS) is 15.9. The summed E-state index contributed by atoms with van der Waals surface area (Å²) in [7, 11) is 3.72. The summed E-state index contributed by atoms with van der Waals surface area (Å²) in [4.78, 5) is 8.53. The molecule has 0 bridgehead atoms. The lowest BCUT2D eigenvalue weighted by Gasteiger charge is -2.35. The zero-order valence-corrected chi connectivity index (χ0v) is 19.1. The van der Waals surface area contributed by atoms with E-state index in [0.717, 1.165) is 51.3 Å². The van der Waals surface area contributed by atoms with Crippen LogP contribution in [-0.4, -0.2) is 57.7 Å². The molecule has 160 valence electrons. The van der Waals surface area contributed by atoms with Crippen LogP contribution in [0.4, 0.5) is 18.9 Å². The van der Waals surface area contributed by atoms with Crippen molar-refractivity contribution in [2.24, 2.45) is 4.99 Å². The molecule has 5 nitrogen and oxygen atoms in total. The molecular formula is C19H31F3IN5. The van der Waals surface area contributed by atoms with Gasteiger partial charge in [0, 0.05) is 52.0 Å². The zero-order chi connectivity index (χ0) is 19.9. The van der Waals surface area contributed by atoms with Crippen LogP contribution in [0, 0.1) is 0 Å². The van der Waals surface area contributed by atoms with E-state index < -0.39 is 11.7 Å². The Bertz CT molecular complexity index is 628. The fraction of sp³-hybridized carbons (Fsp3) is 0.632. The second-order valence-electron chi connectivity index (χ2n) is 6.84. The molecule has 1 aliphatic rings. The first-order valence-corrected chi connectivity index (χ1v) is 9.43. The van der Waals surface area contributed by atoms with Gasteiger partial charge in [0.15, 0.2) is 5.96 Å². The van der Waals surface area contributed by atoms with Crippen LogP contribution in [-0.2, 0) is 12.7 Å². The minimum absolute atomic E-state index is 0. The second-order valence-corrected chi connectivity index (χ2v) is 6.84. The van der Waals surface area contributed by atoms with Gasteiger partial charge in [-0.15, -0.1) is 24.0 Å². The molecule has 0 unspecified atom stereocenters. The average molecular weight is 513 g/mol. The van der Waals surface area contributed by atoms with Gasteiger partial charge in [0.05, 0.1) is 5.56 Å². The third kappa shape index (κ3) is 7.31. The molecule has 1 heterocycles. The van der Waals surface area contributed by atoms with Gasteiger partial charge in [-0.2, -0.15) is 13.2 Å². The number of hydrogen-bond donors (Lipinski definition) is 2. The van der Waals surface area contributed by atoms with E-state index in [1.54, 1.807) is 13.1 Å². The van der Waals surface area contributed by atoms with Gasteiger partial charge in [0.2, 0.25) is 0 Å². The van der Waals surface area contributed by atoms with Gasteiger partial charge in [0.25, 0.3) is 0 Å². The molecule has 1 aromatic carbocycles. The van der Waals surface area contributed by atoms with Gasteiger partial charge >= 0.3 is 6.18 Å².